The Morgan fingerprint density at radius 3 is 2.33 bits per heavy atom. The van der Waals surface area contributed by atoms with E-state index < -0.39 is 11.9 Å². The molecule has 1 aliphatic heterocycles. The summed E-state index contributed by atoms with van der Waals surface area (Å²) in [6, 6.07) is 17.8. The molecular formula is C18H10O3. The van der Waals surface area contributed by atoms with Crippen LogP contribution < -0.4 is 0 Å². The van der Waals surface area contributed by atoms with Gasteiger partial charge in [-0.15, -0.1) is 0 Å². The molecule has 3 nitrogen and oxygen atoms in total. The van der Waals surface area contributed by atoms with Gasteiger partial charge in [0.15, 0.2) is 0 Å². The Kier molecular flexibility index (Phi) is 2.42. The highest BCUT2D eigenvalue weighted by molar-refractivity contribution is 6.31. The van der Waals surface area contributed by atoms with Crippen LogP contribution in [0.3, 0.4) is 0 Å². The molecule has 1 heterocycles. The summed E-state index contributed by atoms with van der Waals surface area (Å²) in [5, 5.41) is 4.25. The van der Waals surface area contributed by atoms with Gasteiger partial charge in [0, 0.05) is 6.08 Å². The van der Waals surface area contributed by atoms with Gasteiger partial charge in [-0.25, -0.2) is 9.59 Å². The van der Waals surface area contributed by atoms with E-state index in [4.69, 9.17) is 0 Å². The summed E-state index contributed by atoms with van der Waals surface area (Å²) in [4.78, 5) is 23.0. The SMILES string of the molecule is O=C1C=C(c2cccc3c2ccc2ccccc23)C(=O)O1. The van der Waals surface area contributed by atoms with Crippen LogP contribution in [0.2, 0.25) is 0 Å². The summed E-state index contributed by atoms with van der Waals surface area (Å²) in [6.07, 6.45) is 1.26. The molecule has 0 radical (unpaired) electrons. The van der Waals surface area contributed by atoms with Gasteiger partial charge in [0.25, 0.3) is 0 Å². The fraction of sp³-hybridized carbons (Fsp3) is 0. The molecule has 3 aromatic carbocycles. The molecule has 0 saturated heterocycles. The average molecular weight is 274 g/mol. The van der Waals surface area contributed by atoms with E-state index in [9.17, 15) is 9.59 Å². The number of esters is 2. The van der Waals surface area contributed by atoms with Crippen LogP contribution >= 0.6 is 0 Å². The van der Waals surface area contributed by atoms with Crippen LogP contribution in [0.15, 0.2) is 60.7 Å². The van der Waals surface area contributed by atoms with E-state index in [0.717, 1.165) is 27.1 Å². The molecule has 0 saturated carbocycles. The van der Waals surface area contributed by atoms with Crippen molar-refractivity contribution in [3.05, 3.63) is 66.2 Å². The monoisotopic (exact) mass is 274 g/mol. The van der Waals surface area contributed by atoms with Gasteiger partial charge in [-0.05, 0) is 27.1 Å². The van der Waals surface area contributed by atoms with Crippen molar-refractivity contribution < 1.29 is 14.3 Å². The number of hydrogen-bond acceptors (Lipinski definition) is 3. The van der Waals surface area contributed by atoms with Crippen LogP contribution in [-0.4, -0.2) is 11.9 Å². The molecule has 4 rings (SSSR count). The Morgan fingerprint density at radius 1 is 0.714 bits per heavy atom. The first-order valence-corrected chi connectivity index (χ1v) is 6.63. The molecule has 21 heavy (non-hydrogen) atoms. The van der Waals surface area contributed by atoms with Crippen molar-refractivity contribution in [3.63, 3.8) is 0 Å². The van der Waals surface area contributed by atoms with Gasteiger partial charge in [0.05, 0.1) is 5.57 Å². The molecule has 0 fully saturated rings. The Hall–Kier alpha value is -2.94. The second kappa shape index (κ2) is 4.28. The molecule has 1 aliphatic rings. The van der Waals surface area contributed by atoms with Crippen LogP contribution in [0.1, 0.15) is 5.56 Å². The van der Waals surface area contributed by atoms with Crippen LogP contribution in [0.5, 0.6) is 0 Å². The Morgan fingerprint density at radius 2 is 1.52 bits per heavy atom. The van der Waals surface area contributed by atoms with Crippen LogP contribution in [0.4, 0.5) is 0 Å². The van der Waals surface area contributed by atoms with E-state index in [0.29, 0.717) is 5.57 Å². The zero-order valence-electron chi connectivity index (χ0n) is 11.0. The molecular weight excluding hydrogens is 264 g/mol. The normalized spacial score (nSPS) is 14.6. The Balaban J connectivity index is 2.08. The lowest BCUT2D eigenvalue weighted by Crippen LogP contribution is -2.01. The van der Waals surface area contributed by atoms with Gasteiger partial charge in [0.2, 0.25) is 0 Å². The van der Waals surface area contributed by atoms with E-state index in [1.54, 1.807) is 0 Å². The molecule has 0 N–H and O–H groups in total. The van der Waals surface area contributed by atoms with E-state index >= 15 is 0 Å². The van der Waals surface area contributed by atoms with Crippen molar-refractivity contribution in [2.45, 2.75) is 0 Å². The maximum atomic E-state index is 11.8. The minimum absolute atomic E-state index is 0.320. The van der Waals surface area contributed by atoms with Gasteiger partial charge in [0.1, 0.15) is 0 Å². The van der Waals surface area contributed by atoms with Crippen molar-refractivity contribution >= 4 is 39.1 Å². The highest BCUT2D eigenvalue weighted by Crippen LogP contribution is 2.32. The summed E-state index contributed by atoms with van der Waals surface area (Å²) in [5.74, 6) is -1.19. The fourth-order valence-electron chi connectivity index (χ4n) is 2.82. The number of fused-ring (bicyclic) bond motifs is 3. The quantitative estimate of drug-likeness (QED) is 0.388. The highest BCUT2D eigenvalue weighted by atomic mass is 16.6. The lowest BCUT2D eigenvalue weighted by Gasteiger charge is -2.08. The number of ether oxygens (including phenoxy) is 1. The van der Waals surface area contributed by atoms with Gasteiger partial charge in [-0.2, -0.15) is 0 Å². The molecule has 0 spiro atoms. The third-order valence-corrected chi connectivity index (χ3v) is 3.75. The van der Waals surface area contributed by atoms with Crippen LogP contribution in [0.25, 0.3) is 27.1 Å². The van der Waals surface area contributed by atoms with Crippen LogP contribution in [-0.2, 0) is 14.3 Å². The summed E-state index contributed by atoms with van der Waals surface area (Å²) in [7, 11) is 0. The lowest BCUT2D eigenvalue weighted by atomic mass is 9.95. The fourth-order valence-corrected chi connectivity index (χ4v) is 2.82. The molecule has 100 valence electrons. The van der Waals surface area contributed by atoms with Gasteiger partial charge >= 0.3 is 11.9 Å². The van der Waals surface area contributed by atoms with E-state index in [-0.39, 0.29) is 0 Å². The standard InChI is InChI=1S/C18H10O3/c19-17-10-16(18(20)21-17)14-7-3-6-13-12-5-2-1-4-11(12)8-9-15(13)14/h1-10H. The Labute approximate surface area is 120 Å². The third-order valence-electron chi connectivity index (χ3n) is 3.75. The first kappa shape index (κ1) is 11.9. The summed E-state index contributed by atoms with van der Waals surface area (Å²) in [5.41, 5.74) is 1.05. The van der Waals surface area contributed by atoms with Crippen molar-refractivity contribution in [2.24, 2.45) is 0 Å². The van der Waals surface area contributed by atoms with Crippen molar-refractivity contribution in [1.82, 2.24) is 0 Å². The predicted octanol–water partition coefficient (Wildman–Crippen LogP) is 3.46. The van der Waals surface area contributed by atoms with Gasteiger partial charge in [-0.1, -0.05) is 54.6 Å². The number of cyclic esters (lactones) is 2. The summed E-state index contributed by atoms with van der Waals surface area (Å²) >= 11 is 0. The number of carbonyl (C=O) groups excluding carboxylic acids is 2. The van der Waals surface area contributed by atoms with Gasteiger partial charge < -0.3 is 4.74 Å². The average Bonchev–Trinajstić information content (AvgIpc) is 2.85. The minimum Gasteiger partial charge on any atom is -0.386 e. The summed E-state index contributed by atoms with van der Waals surface area (Å²) in [6.45, 7) is 0. The smallest absolute Gasteiger partial charge is 0.346 e. The molecule has 0 bridgehead atoms. The number of hydrogen-bond donors (Lipinski definition) is 0. The molecule has 0 aliphatic carbocycles. The molecule has 0 amide bonds. The molecule has 3 heteroatoms. The second-order valence-corrected chi connectivity index (χ2v) is 4.95. The number of rotatable bonds is 1. The largest absolute Gasteiger partial charge is 0.386 e. The van der Waals surface area contributed by atoms with E-state index in [1.165, 1.54) is 6.08 Å². The topological polar surface area (TPSA) is 43.4 Å². The molecule has 0 aromatic heterocycles. The maximum absolute atomic E-state index is 11.8. The van der Waals surface area contributed by atoms with Crippen LogP contribution in [0, 0.1) is 0 Å². The third kappa shape index (κ3) is 1.75. The molecule has 3 aromatic rings. The molecule has 0 atom stereocenters. The number of carbonyl (C=O) groups is 2. The van der Waals surface area contributed by atoms with E-state index in [2.05, 4.69) is 4.74 Å². The zero-order valence-corrected chi connectivity index (χ0v) is 11.0. The first-order valence-electron chi connectivity index (χ1n) is 6.63. The predicted molar refractivity (Wildman–Crippen MR) is 80.5 cm³/mol. The minimum atomic E-state index is -0.604. The Bertz CT molecular complexity index is 951. The number of benzene rings is 3. The highest BCUT2D eigenvalue weighted by Gasteiger charge is 2.26. The van der Waals surface area contributed by atoms with E-state index in [1.807, 2.05) is 54.6 Å². The summed E-state index contributed by atoms with van der Waals surface area (Å²) < 4.78 is 4.59. The first-order chi connectivity index (χ1) is 10.2. The second-order valence-electron chi connectivity index (χ2n) is 4.95. The molecule has 0 unspecified atom stereocenters. The maximum Gasteiger partial charge on any atom is 0.346 e. The van der Waals surface area contributed by atoms with Gasteiger partial charge in [-0.3, -0.25) is 0 Å². The van der Waals surface area contributed by atoms with Crippen molar-refractivity contribution in [1.29, 1.82) is 0 Å². The van der Waals surface area contributed by atoms with Crippen molar-refractivity contribution in [3.8, 4) is 0 Å². The van der Waals surface area contributed by atoms with Crippen molar-refractivity contribution in [2.75, 3.05) is 0 Å². The zero-order chi connectivity index (χ0) is 14.4. The lowest BCUT2D eigenvalue weighted by molar-refractivity contribution is -0.149.